The minimum Gasteiger partial charge on any atom is -0.508 e. The summed E-state index contributed by atoms with van der Waals surface area (Å²) in [6.45, 7) is 4.26. The summed E-state index contributed by atoms with van der Waals surface area (Å²) < 4.78 is 68.2. The number of halogens is 5. The highest BCUT2D eigenvalue weighted by atomic mass is 32.2. The number of benzene rings is 3. The van der Waals surface area contributed by atoms with E-state index in [0.717, 1.165) is 72.4 Å². The largest absolute Gasteiger partial charge is 0.508 e. The van der Waals surface area contributed by atoms with Crippen LogP contribution in [-0.2, 0) is 0 Å². The van der Waals surface area contributed by atoms with Crippen molar-refractivity contribution in [2.75, 3.05) is 31.2 Å². The molecule has 3 aromatic rings. The van der Waals surface area contributed by atoms with Gasteiger partial charge in [0.25, 0.3) is 0 Å². The highest BCUT2D eigenvalue weighted by Gasteiger charge is 2.56. The van der Waals surface area contributed by atoms with Gasteiger partial charge in [-0.3, -0.25) is 0 Å². The van der Waals surface area contributed by atoms with E-state index < -0.39 is 18.5 Å². The summed E-state index contributed by atoms with van der Waals surface area (Å²) >= 11 is 1.44. The van der Waals surface area contributed by atoms with E-state index in [1.807, 2.05) is 42.5 Å². The molecule has 0 aromatic heterocycles. The van der Waals surface area contributed by atoms with Gasteiger partial charge in [0.05, 0.1) is 0 Å². The van der Waals surface area contributed by atoms with Crippen LogP contribution < -0.4 is 10.1 Å². The highest BCUT2D eigenvalue weighted by Crippen LogP contribution is 2.39. The SMILES string of the molecule is CC/C(=C(/c1ccc(O)cc1)c1ccc(OCCNCCCCCCSCCCC(F)(F)C(F)(F)F)cc1)c1ccccc1. The molecule has 2 N–H and O–H groups in total. The van der Waals surface area contributed by atoms with Crippen molar-refractivity contribution in [2.45, 2.75) is 64.0 Å². The van der Waals surface area contributed by atoms with Crippen LogP contribution in [0.25, 0.3) is 11.1 Å². The summed E-state index contributed by atoms with van der Waals surface area (Å²) in [6.07, 6.45) is -1.93. The van der Waals surface area contributed by atoms with E-state index in [1.54, 1.807) is 12.1 Å². The Bertz CT molecular complexity index is 1260. The van der Waals surface area contributed by atoms with Gasteiger partial charge in [0.15, 0.2) is 0 Å². The maximum atomic E-state index is 12.9. The summed E-state index contributed by atoms with van der Waals surface area (Å²) in [4.78, 5) is 0. The normalized spacial score (nSPS) is 12.7. The van der Waals surface area contributed by atoms with Crippen LogP contribution in [0.5, 0.6) is 11.5 Å². The lowest BCUT2D eigenvalue weighted by atomic mass is 9.88. The van der Waals surface area contributed by atoms with Crippen LogP contribution >= 0.6 is 11.8 Å². The Hall–Kier alpha value is -3.04. The van der Waals surface area contributed by atoms with E-state index in [9.17, 15) is 27.1 Å². The smallest absolute Gasteiger partial charge is 0.453 e. The van der Waals surface area contributed by atoms with Crippen molar-refractivity contribution < 1.29 is 31.8 Å². The molecule has 9 heteroatoms. The Morgan fingerprint density at radius 1 is 0.727 bits per heavy atom. The van der Waals surface area contributed by atoms with Crippen LogP contribution in [0.15, 0.2) is 78.9 Å². The molecule has 3 nitrogen and oxygen atoms in total. The van der Waals surface area contributed by atoms with Gasteiger partial charge in [0, 0.05) is 13.0 Å². The highest BCUT2D eigenvalue weighted by molar-refractivity contribution is 7.99. The first-order chi connectivity index (χ1) is 21.1. The van der Waals surface area contributed by atoms with E-state index >= 15 is 0 Å². The molecule has 0 heterocycles. The van der Waals surface area contributed by atoms with Gasteiger partial charge in [-0.05, 0) is 95.8 Å². The van der Waals surface area contributed by atoms with Gasteiger partial charge in [0.2, 0.25) is 0 Å². The molecule has 0 radical (unpaired) electrons. The molecular formula is C35H42F5NO2S. The van der Waals surface area contributed by atoms with Gasteiger partial charge in [-0.25, -0.2) is 0 Å². The molecule has 3 rings (SSSR count). The van der Waals surface area contributed by atoms with E-state index in [-0.39, 0.29) is 12.2 Å². The van der Waals surface area contributed by atoms with Gasteiger partial charge < -0.3 is 15.2 Å². The quantitative estimate of drug-likeness (QED) is 0.0782. The number of hydrogen-bond acceptors (Lipinski definition) is 4. The molecule has 3 aromatic carbocycles. The van der Waals surface area contributed by atoms with Crippen molar-refractivity contribution in [3.63, 3.8) is 0 Å². The van der Waals surface area contributed by atoms with Crippen LogP contribution in [0.2, 0.25) is 0 Å². The lowest BCUT2D eigenvalue weighted by Crippen LogP contribution is -2.36. The minimum absolute atomic E-state index is 0.140. The number of aromatic hydroxyl groups is 1. The van der Waals surface area contributed by atoms with Crippen molar-refractivity contribution >= 4 is 22.9 Å². The number of ether oxygens (including phenoxy) is 1. The third-order valence-electron chi connectivity index (χ3n) is 7.21. The Balaban J connectivity index is 1.35. The first kappa shape index (κ1) is 35.4. The lowest BCUT2D eigenvalue weighted by molar-refractivity contribution is -0.284. The van der Waals surface area contributed by atoms with Crippen molar-refractivity contribution in [3.05, 3.63) is 95.6 Å². The monoisotopic (exact) mass is 635 g/mol. The van der Waals surface area contributed by atoms with Crippen molar-refractivity contribution in [3.8, 4) is 11.5 Å². The summed E-state index contributed by atoms with van der Waals surface area (Å²) in [6, 6.07) is 25.7. The van der Waals surface area contributed by atoms with Crippen molar-refractivity contribution in [1.29, 1.82) is 0 Å². The number of nitrogens with one attached hydrogen (secondary N) is 1. The van der Waals surface area contributed by atoms with E-state index in [0.29, 0.717) is 18.9 Å². The van der Waals surface area contributed by atoms with Crippen LogP contribution in [-0.4, -0.2) is 48.4 Å². The number of thioether (sulfide) groups is 1. The summed E-state index contributed by atoms with van der Waals surface area (Å²) in [5, 5.41) is 13.2. The molecule has 240 valence electrons. The third kappa shape index (κ3) is 11.5. The van der Waals surface area contributed by atoms with Gasteiger partial charge >= 0.3 is 12.1 Å². The summed E-state index contributed by atoms with van der Waals surface area (Å²) in [5.74, 6) is -2.47. The Kier molecular flexibility index (Phi) is 14.5. The molecule has 0 fully saturated rings. The summed E-state index contributed by atoms with van der Waals surface area (Å²) in [5.41, 5.74) is 5.61. The first-order valence-electron chi connectivity index (χ1n) is 15.2. The van der Waals surface area contributed by atoms with Crippen LogP contribution in [0.4, 0.5) is 22.0 Å². The fraction of sp³-hybridized carbons (Fsp3) is 0.429. The fourth-order valence-corrected chi connectivity index (χ4v) is 5.80. The number of unbranched alkanes of at least 4 members (excludes halogenated alkanes) is 3. The Morgan fingerprint density at radius 3 is 1.98 bits per heavy atom. The molecule has 0 aliphatic heterocycles. The third-order valence-corrected chi connectivity index (χ3v) is 8.37. The molecule has 0 aliphatic rings. The average Bonchev–Trinajstić information content (AvgIpc) is 3.01. The van der Waals surface area contributed by atoms with Crippen LogP contribution in [0, 0.1) is 0 Å². The second-order valence-electron chi connectivity index (χ2n) is 10.6. The molecular weight excluding hydrogens is 593 g/mol. The van der Waals surface area contributed by atoms with E-state index in [4.69, 9.17) is 4.74 Å². The zero-order chi connectivity index (χ0) is 31.8. The number of phenols is 1. The maximum absolute atomic E-state index is 12.9. The van der Waals surface area contributed by atoms with Gasteiger partial charge in [-0.2, -0.15) is 33.7 Å². The number of allylic oxidation sites excluding steroid dienone is 1. The molecule has 0 amide bonds. The zero-order valence-corrected chi connectivity index (χ0v) is 26.0. The molecule has 0 bridgehead atoms. The predicted octanol–water partition coefficient (Wildman–Crippen LogP) is 10.0. The molecule has 44 heavy (non-hydrogen) atoms. The molecule has 0 atom stereocenters. The molecule has 0 aliphatic carbocycles. The molecule has 0 spiro atoms. The number of hydrogen-bond donors (Lipinski definition) is 2. The van der Waals surface area contributed by atoms with Crippen molar-refractivity contribution in [2.24, 2.45) is 0 Å². The number of rotatable bonds is 19. The minimum atomic E-state index is -5.45. The van der Waals surface area contributed by atoms with E-state index in [2.05, 4.69) is 36.5 Å². The first-order valence-corrected chi connectivity index (χ1v) is 16.3. The number of phenolic OH excluding ortho intramolecular Hbond substituents is 1. The maximum Gasteiger partial charge on any atom is 0.453 e. The van der Waals surface area contributed by atoms with E-state index in [1.165, 1.54) is 17.3 Å². The Morgan fingerprint density at radius 2 is 1.34 bits per heavy atom. The molecule has 0 saturated carbocycles. The Labute approximate surface area is 261 Å². The van der Waals surface area contributed by atoms with Crippen molar-refractivity contribution in [1.82, 2.24) is 5.32 Å². The topological polar surface area (TPSA) is 41.5 Å². The molecule has 0 saturated heterocycles. The fourth-order valence-electron chi connectivity index (χ4n) is 4.84. The van der Waals surface area contributed by atoms with Gasteiger partial charge in [-0.1, -0.05) is 74.4 Å². The average molecular weight is 636 g/mol. The van der Waals surface area contributed by atoms with Crippen LogP contribution in [0.1, 0.15) is 68.6 Å². The second kappa shape index (κ2) is 18.1. The zero-order valence-electron chi connectivity index (χ0n) is 25.1. The predicted molar refractivity (Wildman–Crippen MR) is 172 cm³/mol. The molecule has 0 unspecified atom stereocenters. The van der Waals surface area contributed by atoms with Crippen LogP contribution in [0.3, 0.4) is 0 Å². The standard InChI is InChI=1S/C35H42F5NO2S/c1-2-32(27-11-6-5-7-12-27)33(28-13-17-30(42)18-14-28)29-15-19-31(20-16-29)43-24-23-41-22-8-3-4-9-25-44-26-10-21-34(36,37)35(38,39)40/h5-7,11-20,41-42H,2-4,8-10,21-26H2,1H3/b33-32+. The summed E-state index contributed by atoms with van der Waals surface area (Å²) in [7, 11) is 0. The lowest BCUT2D eigenvalue weighted by Gasteiger charge is -2.19. The second-order valence-corrected chi connectivity index (χ2v) is 11.8. The van der Waals surface area contributed by atoms with Gasteiger partial charge in [0.1, 0.15) is 18.1 Å². The van der Waals surface area contributed by atoms with Gasteiger partial charge in [-0.15, -0.1) is 0 Å². The number of alkyl halides is 5.